The van der Waals surface area contributed by atoms with Crippen molar-refractivity contribution in [3.63, 3.8) is 0 Å². The van der Waals surface area contributed by atoms with Gasteiger partial charge < -0.3 is 15.1 Å². The fourth-order valence-corrected chi connectivity index (χ4v) is 2.94. The first-order valence-electron chi connectivity index (χ1n) is 6.80. The molecule has 2 rings (SSSR count). The molecule has 2 heterocycles. The molecule has 1 N–H and O–H groups in total. The van der Waals surface area contributed by atoms with E-state index in [1.807, 2.05) is 11.9 Å². The van der Waals surface area contributed by atoms with Crippen molar-refractivity contribution in [3.8, 4) is 0 Å². The van der Waals surface area contributed by atoms with Crippen LogP contribution in [0, 0.1) is 0 Å². The van der Waals surface area contributed by atoms with Crippen LogP contribution in [-0.4, -0.2) is 61.0 Å². The zero-order valence-electron chi connectivity index (χ0n) is 11.3. The van der Waals surface area contributed by atoms with Crippen LogP contribution < -0.4 is 5.32 Å². The minimum absolute atomic E-state index is 0.0787. The van der Waals surface area contributed by atoms with Gasteiger partial charge in [-0.3, -0.25) is 4.79 Å². The van der Waals surface area contributed by atoms with Gasteiger partial charge in [0.1, 0.15) is 0 Å². The van der Waals surface area contributed by atoms with Crippen molar-refractivity contribution >= 4 is 5.91 Å². The molecule has 17 heavy (non-hydrogen) atoms. The van der Waals surface area contributed by atoms with Crippen LogP contribution in [0.15, 0.2) is 0 Å². The normalized spacial score (nSPS) is 34.9. The molecule has 0 aromatic rings. The monoisotopic (exact) mass is 239 g/mol. The zero-order chi connectivity index (χ0) is 12.4. The van der Waals surface area contributed by atoms with Gasteiger partial charge in [0.15, 0.2) is 0 Å². The third-order valence-corrected chi connectivity index (χ3v) is 4.43. The lowest BCUT2D eigenvalue weighted by molar-refractivity contribution is -0.135. The first-order valence-corrected chi connectivity index (χ1v) is 6.80. The second-order valence-electron chi connectivity index (χ2n) is 5.61. The summed E-state index contributed by atoms with van der Waals surface area (Å²) in [7, 11) is 4.15. The number of likely N-dealkylation sites (tertiary alicyclic amines) is 1. The van der Waals surface area contributed by atoms with Crippen LogP contribution in [0.2, 0.25) is 0 Å². The van der Waals surface area contributed by atoms with Gasteiger partial charge in [-0.2, -0.15) is 0 Å². The maximum absolute atomic E-state index is 12.3. The van der Waals surface area contributed by atoms with Crippen LogP contribution in [-0.2, 0) is 4.79 Å². The third kappa shape index (κ3) is 2.80. The smallest absolute Gasteiger partial charge is 0.239 e. The van der Waals surface area contributed by atoms with Crippen LogP contribution in [0.25, 0.3) is 0 Å². The number of hydrogen-bond donors (Lipinski definition) is 1. The molecule has 4 nitrogen and oxygen atoms in total. The molecule has 0 spiro atoms. The summed E-state index contributed by atoms with van der Waals surface area (Å²) in [5.74, 6) is 0.296. The summed E-state index contributed by atoms with van der Waals surface area (Å²) in [5, 5.41) is 3.29. The molecule has 2 fully saturated rings. The fraction of sp³-hybridized carbons (Fsp3) is 0.923. The maximum atomic E-state index is 12.3. The Balaban J connectivity index is 1.90. The largest absolute Gasteiger partial charge is 0.341 e. The van der Waals surface area contributed by atoms with Crippen LogP contribution in [0.3, 0.4) is 0 Å². The van der Waals surface area contributed by atoms with E-state index < -0.39 is 0 Å². The zero-order valence-corrected chi connectivity index (χ0v) is 11.3. The van der Waals surface area contributed by atoms with Gasteiger partial charge in [0, 0.05) is 25.7 Å². The molecule has 4 heteroatoms. The molecule has 0 bridgehead atoms. The molecule has 1 amide bonds. The van der Waals surface area contributed by atoms with Crippen molar-refractivity contribution in [2.45, 2.75) is 50.7 Å². The first kappa shape index (κ1) is 12.8. The quantitative estimate of drug-likeness (QED) is 0.770. The van der Waals surface area contributed by atoms with Crippen LogP contribution >= 0.6 is 0 Å². The number of amides is 1. The highest BCUT2D eigenvalue weighted by molar-refractivity contribution is 5.82. The molecule has 3 atom stereocenters. The number of nitrogens with one attached hydrogen (secondary N) is 1. The minimum atomic E-state index is 0.0787. The average Bonchev–Trinajstić information content (AvgIpc) is 2.84. The van der Waals surface area contributed by atoms with Gasteiger partial charge in [0.05, 0.1) is 6.04 Å². The highest BCUT2D eigenvalue weighted by Gasteiger charge is 2.32. The molecule has 0 radical (unpaired) electrons. The number of rotatable bonds is 2. The Morgan fingerprint density at radius 2 is 2.18 bits per heavy atom. The SMILES string of the molecule is C[C@H]1C[C@@H](N(C)C(=O)[C@@H]2CCCN2)CCN1C. The van der Waals surface area contributed by atoms with Gasteiger partial charge >= 0.3 is 0 Å². The molecular formula is C13H25N3O. The van der Waals surface area contributed by atoms with Gasteiger partial charge in [-0.25, -0.2) is 0 Å². The second-order valence-corrected chi connectivity index (χ2v) is 5.61. The molecule has 0 aromatic heterocycles. The molecule has 0 aliphatic carbocycles. The lowest BCUT2D eigenvalue weighted by Gasteiger charge is -2.40. The predicted molar refractivity (Wildman–Crippen MR) is 68.9 cm³/mol. The van der Waals surface area contributed by atoms with Crippen LogP contribution in [0.1, 0.15) is 32.6 Å². The highest BCUT2D eigenvalue weighted by atomic mass is 16.2. The van der Waals surface area contributed by atoms with Crippen molar-refractivity contribution in [1.29, 1.82) is 0 Å². The molecular weight excluding hydrogens is 214 g/mol. The van der Waals surface area contributed by atoms with Crippen molar-refractivity contribution in [3.05, 3.63) is 0 Å². The Hall–Kier alpha value is -0.610. The van der Waals surface area contributed by atoms with E-state index in [4.69, 9.17) is 0 Å². The number of carbonyl (C=O) groups is 1. The van der Waals surface area contributed by atoms with Gasteiger partial charge in [0.25, 0.3) is 0 Å². The Labute approximate surface area is 104 Å². The Kier molecular flexibility index (Phi) is 4.05. The Morgan fingerprint density at radius 3 is 2.76 bits per heavy atom. The lowest BCUT2D eigenvalue weighted by atomic mass is 9.97. The summed E-state index contributed by atoms with van der Waals surface area (Å²) in [5.41, 5.74) is 0. The van der Waals surface area contributed by atoms with E-state index >= 15 is 0 Å². The average molecular weight is 239 g/mol. The van der Waals surface area contributed by atoms with Crippen molar-refractivity contribution < 1.29 is 4.79 Å². The molecule has 2 saturated heterocycles. The summed E-state index contributed by atoms with van der Waals surface area (Å²) in [6.45, 7) is 4.34. The summed E-state index contributed by atoms with van der Waals surface area (Å²) < 4.78 is 0. The molecule has 2 aliphatic rings. The third-order valence-electron chi connectivity index (χ3n) is 4.43. The van der Waals surface area contributed by atoms with Crippen molar-refractivity contribution in [2.75, 3.05) is 27.2 Å². The van der Waals surface area contributed by atoms with Gasteiger partial charge in [-0.1, -0.05) is 0 Å². The van der Waals surface area contributed by atoms with E-state index in [1.165, 1.54) is 0 Å². The van der Waals surface area contributed by atoms with Crippen LogP contribution in [0.4, 0.5) is 0 Å². The number of nitrogens with zero attached hydrogens (tertiary/aromatic N) is 2. The van der Waals surface area contributed by atoms with E-state index in [-0.39, 0.29) is 6.04 Å². The van der Waals surface area contributed by atoms with Gasteiger partial charge in [-0.05, 0) is 46.2 Å². The van der Waals surface area contributed by atoms with E-state index in [0.717, 1.165) is 38.8 Å². The fourth-order valence-electron chi connectivity index (χ4n) is 2.94. The molecule has 0 unspecified atom stereocenters. The summed E-state index contributed by atoms with van der Waals surface area (Å²) in [4.78, 5) is 16.7. The Morgan fingerprint density at radius 1 is 1.41 bits per heavy atom. The van der Waals surface area contributed by atoms with Gasteiger partial charge in [-0.15, -0.1) is 0 Å². The standard InChI is InChI=1S/C13H25N3O/c1-10-9-11(6-8-15(10)2)16(3)13(17)12-5-4-7-14-12/h10-12,14H,4-9H2,1-3H3/t10-,11-,12-/m0/s1. The molecule has 0 aromatic carbocycles. The number of piperidine rings is 1. The summed E-state index contributed by atoms with van der Waals surface area (Å²) in [6, 6.07) is 1.09. The van der Waals surface area contributed by atoms with Crippen molar-refractivity contribution in [1.82, 2.24) is 15.1 Å². The first-order chi connectivity index (χ1) is 8.09. The lowest BCUT2D eigenvalue weighted by Crippen LogP contribution is -2.51. The Bertz CT molecular complexity index is 276. The number of hydrogen-bond acceptors (Lipinski definition) is 3. The van der Waals surface area contributed by atoms with E-state index in [0.29, 0.717) is 18.0 Å². The predicted octanol–water partition coefficient (Wildman–Crippen LogP) is 0.680. The van der Waals surface area contributed by atoms with Gasteiger partial charge in [0.2, 0.25) is 5.91 Å². The summed E-state index contributed by atoms with van der Waals surface area (Å²) in [6.07, 6.45) is 4.35. The van der Waals surface area contributed by atoms with Crippen LogP contribution in [0.5, 0.6) is 0 Å². The second kappa shape index (κ2) is 5.36. The molecule has 98 valence electrons. The topological polar surface area (TPSA) is 35.6 Å². The van der Waals surface area contributed by atoms with E-state index in [1.54, 1.807) is 0 Å². The number of carbonyl (C=O) groups excluding carboxylic acids is 1. The number of likely N-dealkylation sites (N-methyl/N-ethyl adjacent to an activating group) is 1. The maximum Gasteiger partial charge on any atom is 0.239 e. The summed E-state index contributed by atoms with van der Waals surface area (Å²) >= 11 is 0. The molecule has 0 saturated carbocycles. The van der Waals surface area contributed by atoms with E-state index in [9.17, 15) is 4.79 Å². The highest BCUT2D eigenvalue weighted by Crippen LogP contribution is 2.21. The molecule has 2 aliphatic heterocycles. The van der Waals surface area contributed by atoms with Crippen molar-refractivity contribution in [2.24, 2.45) is 0 Å². The van der Waals surface area contributed by atoms with E-state index in [2.05, 4.69) is 24.2 Å². The minimum Gasteiger partial charge on any atom is -0.341 e.